The van der Waals surface area contributed by atoms with Crippen LogP contribution < -0.4 is 5.32 Å². The summed E-state index contributed by atoms with van der Waals surface area (Å²) < 4.78 is 0. The zero-order valence-corrected chi connectivity index (χ0v) is 15.2. The number of aromatic nitrogens is 1. The number of benzene rings is 1. The van der Waals surface area contributed by atoms with E-state index in [1.54, 1.807) is 6.20 Å². The number of piperazine rings is 1. The molecular weight excluding hydrogens is 312 g/mol. The van der Waals surface area contributed by atoms with E-state index in [0.717, 1.165) is 44.1 Å². The summed E-state index contributed by atoms with van der Waals surface area (Å²) in [4.78, 5) is 21.2. The predicted molar refractivity (Wildman–Crippen MR) is 101 cm³/mol. The number of amides is 1. The zero-order chi connectivity index (χ0) is 17.8. The van der Waals surface area contributed by atoms with Crippen molar-refractivity contribution in [2.45, 2.75) is 20.8 Å². The van der Waals surface area contributed by atoms with Crippen LogP contribution in [-0.2, 0) is 0 Å². The monoisotopic (exact) mass is 338 g/mol. The van der Waals surface area contributed by atoms with Crippen molar-refractivity contribution in [3.63, 3.8) is 0 Å². The lowest BCUT2D eigenvalue weighted by Gasteiger charge is -2.33. The van der Waals surface area contributed by atoms with Gasteiger partial charge in [0.05, 0.1) is 11.9 Å². The number of carbonyl (C=O) groups is 1. The molecule has 2 aromatic rings. The second-order valence-electron chi connectivity index (χ2n) is 6.60. The highest BCUT2D eigenvalue weighted by Crippen LogP contribution is 2.21. The molecule has 1 aliphatic rings. The summed E-state index contributed by atoms with van der Waals surface area (Å²) in [5.74, 6) is 0.0223. The Kier molecular flexibility index (Phi) is 5.34. The van der Waals surface area contributed by atoms with Crippen LogP contribution in [0.15, 0.2) is 36.5 Å². The van der Waals surface area contributed by atoms with Crippen LogP contribution in [0, 0.1) is 13.8 Å². The molecule has 1 aromatic carbocycles. The fourth-order valence-electron chi connectivity index (χ4n) is 3.05. The molecule has 0 saturated carbocycles. The van der Waals surface area contributed by atoms with Crippen LogP contribution in [0.4, 0.5) is 11.4 Å². The van der Waals surface area contributed by atoms with Crippen molar-refractivity contribution in [3.05, 3.63) is 53.3 Å². The summed E-state index contributed by atoms with van der Waals surface area (Å²) >= 11 is 0. The first-order valence-corrected chi connectivity index (χ1v) is 8.89. The van der Waals surface area contributed by atoms with Crippen molar-refractivity contribution >= 4 is 17.3 Å². The Morgan fingerprint density at radius 1 is 1.12 bits per heavy atom. The molecule has 2 heterocycles. The zero-order valence-electron chi connectivity index (χ0n) is 15.2. The van der Waals surface area contributed by atoms with Crippen LogP contribution in [0.1, 0.15) is 28.5 Å². The van der Waals surface area contributed by atoms with Gasteiger partial charge in [0.1, 0.15) is 5.69 Å². The normalized spacial score (nSPS) is 15.2. The number of rotatable bonds is 4. The molecule has 1 N–H and O–H groups in total. The molecule has 5 nitrogen and oxygen atoms in total. The van der Waals surface area contributed by atoms with Gasteiger partial charge in [-0.1, -0.05) is 19.1 Å². The van der Waals surface area contributed by atoms with Crippen molar-refractivity contribution in [1.29, 1.82) is 0 Å². The minimum atomic E-state index is 0.0223. The summed E-state index contributed by atoms with van der Waals surface area (Å²) in [6.07, 6.45) is 1.73. The minimum Gasteiger partial charge on any atom is -0.354 e. The van der Waals surface area contributed by atoms with Gasteiger partial charge in [-0.25, -0.2) is 4.98 Å². The molecule has 132 valence electrons. The number of likely N-dealkylation sites (N-methyl/N-ethyl adjacent to an activating group) is 1. The summed E-state index contributed by atoms with van der Waals surface area (Å²) in [7, 11) is 0. The largest absolute Gasteiger partial charge is 0.354 e. The van der Waals surface area contributed by atoms with Gasteiger partial charge >= 0.3 is 0 Å². The van der Waals surface area contributed by atoms with Crippen LogP contribution in [0.3, 0.4) is 0 Å². The third-order valence-electron chi connectivity index (χ3n) is 4.76. The van der Waals surface area contributed by atoms with Gasteiger partial charge in [0.25, 0.3) is 5.91 Å². The van der Waals surface area contributed by atoms with Gasteiger partial charge in [-0.2, -0.15) is 0 Å². The van der Waals surface area contributed by atoms with E-state index in [9.17, 15) is 4.79 Å². The molecule has 0 unspecified atom stereocenters. The van der Waals surface area contributed by atoms with E-state index >= 15 is 0 Å². The SMILES string of the molecule is CCN1CCN(C(=O)c2ccc(Nc3cc(C)ccc3C)cn2)CC1. The lowest BCUT2D eigenvalue weighted by atomic mass is 10.1. The fourth-order valence-corrected chi connectivity index (χ4v) is 3.05. The van der Waals surface area contributed by atoms with Crippen LogP contribution in [-0.4, -0.2) is 53.4 Å². The van der Waals surface area contributed by atoms with Crippen molar-refractivity contribution < 1.29 is 4.79 Å². The number of nitrogens with zero attached hydrogens (tertiary/aromatic N) is 3. The molecule has 0 spiro atoms. The standard InChI is InChI=1S/C20H26N4O/c1-4-23-9-11-24(12-10-23)20(25)18-8-7-17(14-21-18)22-19-13-15(2)5-6-16(19)3/h5-8,13-14,22H,4,9-12H2,1-3H3. The Morgan fingerprint density at radius 3 is 2.52 bits per heavy atom. The van der Waals surface area contributed by atoms with Crippen LogP contribution in [0.5, 0.6) is 0 Å². The third-order valence-corrected chi connectivity index (χ3v) is 4.76. The minimum absolute atomic E-state index is 0.0223. The molecule has 5 heteroatoms. The second-order valence-corrected chi connectivity index (χ2v) is 6.60. The van der Waals surface area contributed by atoms with Crippen LogP contribution in [0.25, 0.3) is 0 Å². The first-order chi connectivity index (χ1) is 12.1. The Bertz CT molecular complexity index is 734. The molecule has 0 radical (unpaired) electrons. The molecule has 25 heavy (non-hydrogen) atoms. The van der Waals surface area contributed by atoms with Crippen molar-refractivity contribution in [2.75, 3.05) is 38.0 Å². The number of aryl methyl sites for hydroxylation is 2. The van der Waals surface area contributed by atoms with E-state index in [1.807, 2.05) is 17.0 Å². The maximum atomic E-state index is 12.6. The first-order valence-electron chi connectivity index (χ1n) is 8.89. The van der Waals surface area contributed by atoms with Gasteiger partial charge in [0.2, 0.25) is 0 Å². The number of nitrogens with one attached hydrogen (secondary N) is 1. The molecule has 1 saturated heterocycles. The summed E-state index contributed by atoms with van der Waals surface area (Å²) in [5, 5.41) is 3.38. The van der Waals surface area contributed by atoms with Crippen LogP contribution >= 0.6 is 0 Å². The maximum absolute atomic E-state index is 12.6. The predicted octanol–water partition coefficient (Wildman–Crippen LogP) is 3.22. The number of hydrogen-bond donors (Lipinski definition) is 1. The summed E-state index contributed by atoms with van der Waals surface area (Å²) in [6, 6.07) is 10.0. The fraction of sp³-hybridized carbons (Fsp3) is 0.400. The highest BCUT2D eigenvalue weighted by atomic mass is 16.2. The topological polar surface area (TPSA) is 48.5 Å². The molecular formula is C20H26N4O. The molecule has 0 atom stereocenters. The molecule has 1 amide bonds. The lowest BCUT2D eigenvalue weighted by Crippen LogP contribution is -2.48. The number of hydrogen-bond acceptors (Lipinski definition) is 4. The van der Waals surface area contributed by atoms with E-state index in [0.29, 0.717) is 5.69 Å². The Hall–Kier alpha value is -2.40. The molecule has 0 bridgehead atoms. The average molecular weight is 338 g/mol. The van der Waals surface area contributed by atoms with Gasteiger partial charge in [-0.3, -0.25) is 4.79 Å². The van der Waals surface area contributed by atoms with Gasteiger partial charge in [-0.05, 0) is 49.7 Å². The second kappa shape index (κ2) is 7.66. The van der Waals surface area contributed by atoms with E-state index in [-0.39, 0.29) is 5.91 Å². The Labute approximate surface area is 149 Å². The molecule has 1 aliphatic heterocycles. The highest BCUT2D eigenvalue weighted by molar-refractivity contribution is 5.92. The number of anilines is 2. The highest BCUT2D eigenvalue weighted by Gasteiger charge is 2.22. The summed E-state index contributed by atoms with van der Waals surface area (Å²) in [6.45, 7) is 10.8. The van der Waals surface area contributed by atoms with E-state index < -0.39 is 0 Å². The van der Waals surface area contributed by atoms with Crippen LogP contribution in [0.2, 0.25) is 0 Å². The van der Waals surface area contributed by atoms with Gasteiger partial charge in [0, 0.05) is 31.9 Å². The lowest BCUT2D eigenvalue weighted by molar-refractivity contribution is 0.0637. The molecule has 0 aliphatic carbocycles. The van der Waals surface area contributed by atoms with Crippen molar-refractivity contribution in [2.24, 2.45) is 0 Å². The van der Waals surface area contributed by atoms with Gasteiger partial charge in [-0.15, -0.1) is 0 Å². The molecule has 1 fully saturated rings. The van der Waals surface area contributed by atoms with Crippen molar-refractivity contribution in [1.82, 2.24) is 14.8 Å². The summed E-state index contributed by atoms with van der Waals surface area (Å²) in [5.41, 5.74) is 4.85. The van der Waals surface area contributed by atoms with Gasteiger partial charge in [0.15, 0.2) is 0 Å². The average Bonchev–Trinajstić information content (AvgIpc) is 2.65. The quantitative estimate of drug-likeness (QED) is 0.930. The molecule has 3 rings (SSSR count). The number of carbonyl (C=O) groups excluding carboxylic acids is 1. The molecule has 1 aromatic heterocycles. The van der Waals surface area contributed by atoms with E-state index in [1.165, 1.54) is 11.1 Å². The van der Waals surface area contributed by atoms with Gasteiger partial charge < -0.3 is 15.1 Å². The smallest absolute Gasteiger partial charge is 0.272 e. The van der Waals surface area contributed by atoms with E-state index in [2.05, 4.69) is 54.2 Å². The third kappa shape index (κ3) is 4.17. The Morgan fingerprint density at radius 2 is 1.88 bits per heavy atom. The Balaban J connectivity index is 1.66. The van der Waals surface area contributed by atoms with E-state index in [4.69, 9.17) is 0 Å². The maximum Gasteiger partial charge on any atom is 0.272 e. The van der Waals surface area contributed by atoms with Crippen molar-refractivity contribution in [3.8, 4) is 0 Å². The first kappa shape index (κ1) is 17.4. The number of pyridine rings is 1.